The van der Waals surface area contributed by atoms with Crippen molar-refractivity contribution in [1.29, 1.82) is 0 Å². The first-order valence-corrected chi connectivity index (χ1v) is 7.13. The Bertz CT molecular complexity index is 742. The number of hydrogen-bond donors (Lipinski definition) is 2. The number of fused-ring (bicyclic) bond motifs is 1. The zero-order valence-corrected chi connectivity index (χ0v) is 12.9. The van der Waals surface area contributed by atoms with Crippen LogP contribution in [0.1, 0.15) is 19.0 Å². The first-order chi connectivity index (χ1) is 10.4. The fourth-order valence-electron chi connectivity index (χ4n) is 2.31. The third-order valence-electron chi connectivity index (χ3n) is 3.78. The van der Waals surface area contributed by atoms with Gasteiger partial charge in [0.1, 0.15) is 5.82 Å². The van der Waals surface area contributed by atoms with Gasteiger partial charge < -0.3 is 10.3 Å². The number of hydrogen-bond acceptors (Lipinski definition) is 3. The molecule has 0 spiro atoms. The van der Waals surface area contributed by atoms with E-state index in [1.807, 2.05) is 18.9 Å². The Balaban J connectivity index is 2.19. The van der Waals surface area contributed by atoms with Crippen molar-refractivity contribution in [3.05, 3.63) is 46.0 Å². The molecule has 1 amide bonds. The van der Waals surface area contributed by atoms with Crippen LogP contribution in [0.4, 0.5) is 4.39 Å². The number of H-pyrrole nitrogens is 1. The smallest absolute Gasteiger partial charge is 0.221 e. The summed E-state index contributed by atoms with van der Waals surface area (Å²) in [5.74, 6) is -0.455. The molecule has 0 aliphatic rings. The number of carbonyl (C=O) groups is 1. The number of pyridine rings is 1. The second kappa shape index (κ2) is 6.70. The molecule has 0 saturated carbocycles. The molecule has 5 nitrogen and oxygen atoms in total. The summed E-state index contributed by atoms with van der Waals surface area (Å²) in [5, 5.41) is 2.93. The summed E-state index contributed by atoms with van der Waals surface area (Å²) in [6, 6.07) is 5.62. The summed E-state index contributed by atoms with van der Waals surface area (Å²) >= 11 is 0. The van der Waals surface area contributed by atoms with Crippen LogP contribution in [-0.4, -0.2) is 35.9 Å². The number of aromatic amines is 1. The van der Waals surface area contributed by atoms with E-state index in [1.165, 1.54) is 18.2 Å². The molecule has 22 heavy (non-hydrogen) atoms. The maximum atomic E-state index is 13.2. The highest BCUT2D eigenvalue weighted by Crippen LogP contribution is 2.12. The van der Waals surface area contributed by atoms with E-state index in [2.05, 4.69) is 10.3 Å². The highest BCUT2D eigenvalue weighted by molar-refractivity contribution is 5.78. The predicted molar refractivity (Wildman–Crippen MR) is 84.1 cm³/mol. The van der Waals surface area contributed by atoms with Crippen LogP contribution in [0.25, 0.3) is 10.9 Å². The van der Waals surface area contributed by atoms with Crippen molar-refractivity contribution in [2.45, 2.75) is 25.9 Å². The van der Waals surface area contributed by atoms with Gasteiger partial charge in [0, 0.05) is 48.7 Å². The lowest BCUT2D eigenvalue weighted by atomic mass is 10.1. The monoisotopic (exact) mass is 305 g/mol. The number of halogens is 1. The molecule has 0 fully saturated rings. The summed E-state index contributed by atoms with van der Waals surface area (Å²) in [7, 11) is 3.50. The molecule has 2 rings (SSSR count). The van der Waals surface area contributed by atoms with Gasteiger partial charge in [0.05, 0.1) is 0 Å². The SMILES string of the molecule is CNC(=O)C[C@H](C)N(C)Cc1cc(=O)c2cc(F)ccc2[nH]1. The maximum Gasteiger partial charge on any atom is 0.221 e. The molecule has 0 aliphatic heterocycles. The summed E-state index contributed by atoms with van der Waals surface area (Å²) < 4.78 is 13.2. The molecule has 0 bridgehead atoms. The van der Waals surface area contributed by atoms with E-state index in [4.69, 9.17) is 0 Å². The van der Waals surface area contributed by atoms with Gasteiger partial charge >= 0.3 is 0 Å². The molecule has 1 aromatic carbocycles. The first kappa shape index (κ1) is 16.2. The van der Waals surface area contributed by atoms with Crippen LogP contribution in [0.5, 0.6) is 0 Å². The number of amides is 1. The van der Waals surface area contributed by atoms with Crippen LogP contribution < -0.4 is 10.7 Å². The number of rotatable bonds is 5. The lowest BCUT2D eigenvalue weighted by molar-refractivity contribution is -0.121. The maximum absolute atomic E-state index is 13.2. The van der Waals surface area contributed by atoms with Gasteiger partial charge in [-0.1, -0.05) is 0 Å². The molecule has 0 unspecified atom stereocenters. The van der Waals surface area contributed by atoms with Gasteiger partial charge in [0.15, 0.2) is 5.43 Å². The van der Waals surface area contributed by atoms with Crippen LogP contribution in [0, 0.1) is 5.82 Å². The quantitative estimate of drug-likeness (QED) is 0.882. The van der Waals surface area contributed by atoms with Crippen molar-refractivity contribution in [3.63, 3.8) is 0 Å². The summed E-state index contributed by atoms with van der Waals surface area (Å²) in [6.45, 7) is 2.45. The normalized spacial score (nSPS) is 12.6. The van der Waals surface area contributed by atoms with Gasteiger partial charge in [-0.3, -0.25) is 14.5 Å². The lowest BCUT2D eigenvalue weighted by Crippen LogP contribution is -2.34. The van der Waals surface area contributed by atoms with Crippen LogP contribution >= 0.6 is 0 Å². The van der Waals surface area contributed by atoms with Crippen LogP contribution in [0.3, 0.4) is 0 Å². The predicted octanol–water partition coefficient (Wildman–Crippen LogP) is 1.62. The topological polar surface area (TPSA) is 65.2 Å². The fraction of sp³-hybridized carbons (Fsp3) is 0.375. The lowest BCUT2D eigenvalue weighted by Gasteiger charge is -2.24. The van der Waals surface area contributed by atoms with E-state index < -0.39 is 5.82 Å². The zero-order valence-electron chi connectivity index (χ0n) is 12.9. The van der Waals surface area contributed by atoms with Crippen molar-refractivity contribution in [2.24, 2.45) is 0 Å². The Kier molecular flexibility index (Phi) is 4.92. The molecule has 2 N–H and O–H groups in total. The number of carbonyl (C=O) groups excluding carboxylic acids is 1. The van der Waals surface area contributed by atoms with Crippen LogP contribution in [0.2, 0.25) is 0 Å². The minimum absolute atomic E-state index is 0.0261. The minimum Gasteiger partial charge on any atom is -0.359 e. The zero-order chi connectivity index (χ0) is 16.3. The van der Waals surface area contributed by atoms with Crippen molar-refractivity contribution in [1.82, 2.24) is 15.2 Å². The van der Waals surface area contributed by atoms with Gasteiger partial charge in [0.25, 0.3) is 0 Å². The van der Waals surface area contributed by atoms with Gasteiger partial charge in [-0.2, -0.15) is 0 Å². The Morgan fingerprint density at radius 2 is 2.14 bits per heavy atom. The highest BCUT2D eigenvalue weighted by atomic mass is 19.1. The van der Waals surface area contributed by atoms with Gasteiger partial charge in [-0.15, -0.1) is 0 Å². The van der Waals surface area contributed by atoms with Crippen molar-refractivity contribution >= 4 is 16.8 Å². The number of benzene rings is 1. The van der Waals surface area contributed by atoms with E-state index in [0.29, 0.717) is 23.9 Å². The van der Waals surface area contributed by atoms with Crippen LogP contribution in [-0.2, 0) is 11.3 Å². The Morgan fingerprint density at radius 3 is 2.82 bits per heavy atom. The van der Waals surface area contributed by atoms with Crippen LogP contribution in [0.15, 0.2) is 29.1 Å². The van der Waals surface area contributed by atoms with Gasteiger partial charge in [-0.05, 0) is 32.2 Å². The Labute approximate surface area is 128 Å². The van der Waals surface area contributed by atoms with E-state index in [9.17, 15) is 14.0 Å². The van der Waals surface area contributed by atoms with Gasteiger partial charge in [-0.25, -0.2) is 4.39 Å². The van der Waals surface area contributed by atoms with E-state index in [1.54, 1.807) is 13.1 Å². The molecule has 6 heteroatoms. The molecule has 118 valence electrons. The standard InChI is InChI=1S/C16H20FN3O2/c1-10(6-16(22)18-2)20(3)9-12-8-15(21)13-7-11(17)4-5-14(13)19-12/h4-5,7-8,10H,6,9H2,1-3H3,(H,18,22)(H,19,21)/t10-/m0/s1. The van der Waals surface area contributed by atoms with Crippen molar-refractivity contribution < 1.29 is 9.18 Å². The van der Waals surface area contributed by atoms with Crippen molar-refractivity contribution in [2.75, 3.05) is 14.1 Å². The largest absolute Gasteiger partial charge is 0.359 e. The molecule has 1 atom stereocenters. The molecular weight excluding hydrogens is 285 g/mol. The summed E-state index contributed by atoms with van der Waals surface area (Å²) in [5.41, 5.74) is 1.13. The molecule has 0 radical (unpaired) electrons. The summed E-state index contributed by atoms with van der Waals surface area (Å²) in [6.07, 6.45) is 0.385. The third kappa shape index (κ3) is 3.71. The van der Waals surface area contributed by atoms with Crippen molar-refractivity contribution in [3.8, 4) is 0 Å². The van der Waals surface area contributed by atoms with Gasteiger partial charge in [0.2, 0.25) is 5.91 Å². The third-order valence-corrected chi connectivity index (χ3v) is 3.78. The molecule has 0 aliphatic carbocycles. The average molecular weight is 305 g/mol. The average Bonchev–Trinajstić information content (AvgIpc) is 2.47. The summed E-state index contributed by atoms with van der Waals surface area (Å²) in [4.78, 5) is 28.6. The second-order valence-corrected chi connectivity index (χ2v) is 5.49. The first-order valence-electron chi connectivity index (χ1n) is 7.13. The molecule has 0 saturated heterocycles. The second-order valence-electron chi connectivity index (χ2n) is 5.49. The number of nitrogens with one attached hydrogen (secondary N) is 2. The molecular formula is C16H20FN3O2. The van der Waals surface area contributed by atoms with E-state index >= 15 is 0 Å². The van der Waals surface area contributed by atoms with E-state index in [-0.39, 0.29) is 17.4 Å². The number of nitrogens with zero attached hydrogens (tertiary/aromatic N) is 1. The minimum atomic E-state index is -0.429. The molecule has 2 aromatic rings. The van der Waals surface area contributed by atoms with E-state index in [0.717, 1.165) is 5.69 Å². The molecule has 1 aromatic heterocycles. The Hall–Kier alpha value is -2.21. The fourth-order valence-corrected chi connectivity index (χ4v) is 2.31. The highest BCUT2D eigenvalue weighted by Gasteiger charge is 2.14. The molecule has 1 heterocycles. The number of aromatic nitrogens is 1. The Morgan fingerprint density at radius 1 is 1.41 bits per heavy atom.